The van der Waals surface area contributed by atoms with Crippen molar-refractivity contribution in [2.24, 2.45) is 0 Å². The van der Waals surface area contributed by atoms with Gasteiger partial charge in [-0.2, -0.15) is 0 Å². The van der Waals surface area contributed by atoms with E-state index in [1.807, 2.05) is 24.3 Å². The molecule has 0 radical (unpaired) electrons. The molecule has 0 aliphatic carbocycles. The van der Waals surface area contributed by atoms with Crippen molar-refractivity contribution in [3.63, 3.8) is 0 Å². The highest BCUT2D eigenvalue weighted by Gasteiger charge is 2.11. The number of hydrogen-bond donors (Lipinski definition) is 1. The Morgan fingerprint density at radius 1 is 1.04 bits per heavy atom. The molecule has 1 N–H and O–H groups in total. The molecule has 26 heavy (non-hydrogen) atoms. The minimum Gasteiger partial charge on any atom is -0.383 e. The summed E-state index contributed by atoms with van der Waals surface area (Å²) in [6.07, 6.45) is 0. The Balaban J connectivity index is 1.61. The van der Waals surface area contributed by atoms with Gasteiger partial charge in [-0.25, -0.2) is 4.98 Å². The van der Waals surface area contributed by atoms with E-state index in [9.17, 15) is 0 Å². The van der Waals surface area contributed by atoms with Crippen molar-refractivity contribution < 1.29 is 4.74 Å². The molecule has 1 aliphatic heterocycles. The molecule has 2 aromatic carbocycles. The average Bonchev–Trinajstić information content (AvgIpc) is 2.69. The number of morpholine rings is 1. The fourth-order valence-corrected chi connectivity index (χ4v) is 3.64. The molecule has 0 bridgehead atoms. The second kappa shape index (κ2) is 8.16. The van der Waals surface area contributed by atoms with E-state index < -0.39 is 0 Å². The maximum atomic E-state index is 5.42. The van der Waals surface area contributed by atoms with Crippen LogP contribution in [0.5, 0.6) is 0 Å². The molecule has 2 heterocycles. The summed E-state index contributed by atoms with van der Waals surface area (Å²) in [5.41, 5.74) is 4.26. The van der Waals surface area contributed by atoms with Crippen LogP contribution in [0, 0.1) is 0 Å². The van der Waals surface area contributed by atoms with Crippen LogP contribution in [0.3, 0.4) is 0 Å². The minimum absolute atomic E-state index is 0.837. The lowest BCUT2D eigenvalue weighted by Gasteiger charge is -2.26. The van der Waals surface area contributed by atoms with E-state index in [1.54, 1.807) is 0 Å². The van der Waals surface area contributed by atoms with Gasteiger partial charge in [0.1, 0.15) is 0 Å². The predicted octanol–water partition coefficient (Wildman–Crippen LogP) is 4.41. The van der Waals surface area contributed by atoms with E-state index in [-0.39, 0.29) is 0 Å². The molecule has 0 amide bonds. The van der Waals surface area contributed by atoms with Gasteiger partial charge in [0.05, 0.1) is 24.4 Å². The second-order valence-electron chi connectivity index (χ2n) is 6.46. The Hall–Kier alpha value is -1.95. The quantitative estimate of drug-likeness (QED) is 0.674. The van der Waals surface area contributed by atoms with Gasteiger partial charge in [-0.1, -0.05) is 46.3 Å². The summed E-state index contributed by atoms with van der Waals surface area (Å²) >= 11 is 3.58. The van der Waals surface area contributed by atoms with Crippen molar-refractivity contribution in [2.45, 2.75) is 0 Å². The highest BCUT2D eigenvalue weighted by molar-refractivity contribution is 9.10. The number of nitrogens with one attached hydrogen (secondary N) is 1. The molecule has 1 aliphatic rings. The second-order valence-corrected chi connectivity index (χ2v) is 7.38. The topological polar surface area (TPSA) is 37.4 Å². The van der Waals surface area contributed by atoms with Crippen LogP contribution in [-0.4, -0.2) is 49.3 Å². The third kappa shape index (κ3) is 4.06. The zero-order valence-electron chi connectivity index (χ0n) is 14.6. The lowest BCUT2D eigenvalue weighted by molar-refractivity contribution is 0.0398. The maximum Gasteiger partial charge on any atom is 0.0731 e. The van der Waals surface area contributed by atoms with Gasteiger partial charge < -0.3 is 10.1 Å². The van der Waals surface area contributed by atoms with Crippen LogP contribution in [0.1, 0.15) is 0 Å². The Labute approximate surface area is 162 Å². The summed E-state index contributed by atoms with van der Waals surface area (Å²) in [6, 6.07) is 18.7. The summed E-state index contributed by atoms with van der Waals surface area (Å²) in [6.45, 7) is 5.62. The zero-order valence-corrected chi connectivity index (χ0v) is 16.2. The number of halogens is 1. The molecular weight excluding hydrogens is 390 g/mol. The molecule has 4 nitrogen and oxygen atoms in total. The summed E-state index contributed by atoms with van der Waals surface area (Å²) in [5, 5.41) is 4.77. The molecule has 0 atom stereocenters. The molecule has 1 aromatic heterocycles. The van der Waals surface area contributed by atoms with Crippen molar-refractivity contribution >= 4 is 32.5 Å². The predicted molar refractivity (Wildman–Crippen MR) is 111 cm³/mol. The van der Waals surface area contributed by atoms with Gasteiger partial charge in [0.15, 0.2) is 0 Å². The summed E-state index contributed by atoms with van der Waals surface area (Å²) in [7, 11) is 0. The standard InChI is InChI=1S/C21H22BrN3O/c22-17-6-7-19-18(14-17)21(23-8-9-25-10-12-26-13-11-25)15-20(24-19)16-4-2-1-3-5-16/h1-7,14-15H,8-13H2,(H,23,24). The van der Waals surface area contributed by atoms with Crippen LogP contribution in [0.15, 0.2) is 59.1 Å². The van der Waals surface area contributed by atoms with Gasteiger partial charge in [0, 0.05) is 47.3 Å². The molecule has 3 aromatic rings. The van der Waals surface area contributed by atoms with E-state index in [0.29, 0.717) is 0 Å². The molecule has 5 heteroatoms. The van der Waals surface area contributed by atoms with E-state index >= 15 is 0 Å². The summed E-state index contributed by atoms with van der Waals surface area (Å²) in [4.78, 5) is 7.30. The SMILES string of the molecule is Brc1ccc2nc(-c3ccccc3)cc(NCCN3CCOCC3)c2c1. The molecule has 1 saturated heterocycles. The molecule has 0 saturated carbocycles. The van der Waals surface area contributed by atoms with E-state index in [0.717, 1.165) is 71.7 Å². The van der Waals surface area contributed by atoms with Crippen molar-refractivity contribution in [1.82, 2.24) is 9.88 Å². The Kier molecular flexibility index (Phi) is 5.48. The van der Waals surface area contributed by atoms with Crippen molar-refractivity contribution in [1.29, 1.82) is 0 Å². The first kappa shape index (κ1) is 17.5. The van der Waals surface area contributed by atoms with Crippen molar-refractivity contribution in [3.05, 3.63) is 59.1 Å². The molecule has 1 fully saturated rings. The van der Waals surface area contributed by atoms with E-state index in [4.69, 9.17) is 9.72 Å². The highest BCUT2D eigenvalue weighted by Crippen LogP contribution is 2.30. The Morgan fingerprint density at radius 3 is 2.65 bits per heavy atom. The molecule has 134 valence electrons. The monoisotopic (exact) mass is 411 g/mol. The number of nitrogens with zero attached hydrogens (tertiary/aromatic N) is 2. The Morgan fingerprint density at radius 2 is 1.85 bits per heavy atom. The number of benzene rings is 2. The van der Waals surface area contributed by atoms with Gasteiger partial charge in [-0.15, -0.1) is 0 Å². The van der Waals surface area contributed by atoms with Crippen LogP contribution in [0.25, 0.3) is 22.2 Å². The first-order chi connectivity index (χ1) is 12.8. The number of fused-ring (bicyclic) bond motifs is 1. The molecule has 4 rings (SSSR count). The summed E-state index contributed by atoms with van der Waals surface area (Å²) < 4.78 is 6.49. The largest absolute Gasteiger partial charge is 0.383 e. The third-order valence-electron chi connectivity index (χ3n) is 4.69. The number of hydrogen-bond acceptors (Lipinski definition) is 4. The number of rotatable bonds is 5. The smallest absolute Gasteiger partial charge is 0.0731 e. The van der Waals surface area contributed by atoms with Crippen LogP contribution in [0.2, 0.25) is 0 Å². The van der Waals surface area contributed by atoms with E-state index in [1.165, 1.54) is 0 Å². The van der Waals surface area contributed by atoms with Gasteiger partial charge in [-0.05, 0) is 24.3 Å². The third-order valence-corrected chi connectivity index (χ3v) is 5.18. The van der Waals surface area contributed by atoms with Gasteiger partial charge in [0.25, 0.3) is 0 Å². The van der Waals surface area contributed by atoms with Gasteiger partial charge in [-0.3, -0.25) is 4.90 Å². The molecule has 0 unspecified atom stereocenters. The fourth-order valence-electron chi connectivity index (χ4n) is 3.27. The van der Waals surface area contributed by atoms with Crippen LogP contribution in [-0.2, 0) is 4.74 Å². The minimum atomic E-state index is 0.837. The first-order valence-electron chi connectivity index (χ1n) is 8.99. The maximum absolute atomic E-state index is 5.42. The van der Waals surface area contributed by atoms with Crippen molar-refractivity contribution in [2.75, 3.05) is 44.7 Å². The molecular formula is C21H22BrN3O. The number of anilines is 1. The van der Waals surface area contributed by atoms with E-state index in [2.05, 4.69) is 56.5 Å². The summed E-state index contributed by atoms with van der Waals surface area (Å²) in [5.74, 6) is 0. The normalized spacial score (nSPS) is 15.3. The lowest BCUT2D eigenvalue weighted by Crippen LogP contribution is -2.39. The average molecular weight is 412 g/mol. The lowest BCUT2D eigenvalue weighted by atomic mass is 10.1. The van der Waals surface area contributed by atoms with Crippen LogP contribution >= 0.6 is 15.9 Å². The number of ether oxygens (including phenoxy) is 1. The Bertz CT molecular complexity index is 879. The van der Waals surface area contributed by atoms with Crippen LogP contribution < -0.4 is 5.32 Å². The fraction of sp³-hybridized carbons (Fsp3) is 0.286. The molecule has 0 spiro atoms. The first-order valence-corrected chi connectivity index (χ1v) is 9.78. The zero-order chi connectivity index (χ0) is 17.8. The number of aromatic nitrogens is 1. The van der Waals surface area contributed by atoms with Gasteiger partial charge in [0.2, 0.25) is 0 Å². The van der Waals surface area contributed by atoms with Gasteiger partial charge >= 0.3 is 0 Å². The highest BCUT2D eigenvalue weighted by atomic mass is 79.9. The number of pyridine rings is 1. The van der Waals surface area contributed by atoms with Crippen LogP contribution in [0.4, 0.5) is 5.69 Å². The van der Waals surface area contributed by atoms with Crippen molar-refractivity contribution in [3.8, 4) is 11.3 Å².